The van der Waals surface area contributed by atoms with Crippen LogP contribution < -0.4 is 10.6 Å². The van der Waals surface area contributed by atoms with Crippen LogP contribution in [0.15, 0.2) is 12.4 Å². The van der Waals surface area contributed by atoms with Crippen LogP contribution in [0, 0.1) is 6.92 Å². The summed E-state index contributed by atoms with van der Waals surface area (Å²) >= 11 is 0. The molecule has 0 amide bonds. The van der Waals surface area contributed by atoms with Crippen LogP contribution in [0.5, 0.6) is 0 Å². The van der Waals surface area contributed by atoms with E-state index in [1.165, 1.54) is 0 Å². The number of anilines is 1. The molecule has 0 unspecified atom stereocenters. The quantitative estimate of drug-likeness (QED) is 0.696. The van der Waals surface area contributed by atoms with Gasteiger partial charge in [0.25, 0.3) is 0 Å². The molecule has 0 saturated carbocycles. The van der Waals surface area contributed by atoms with E-state index < -0.39 is 0 Å². The first-order valence-corrected chi connectivity index (χ1v) is 3.94. The van der Waals surface area contributed by atoms with Crippen LogP contribution in [0.2, 0.25) is 0 Å². The highest BCUT2D eigenvalue weighted by atomic mass is 15.2. The van der Waals surface area contributed by atoms with Crippen molar-refractivity contribution in [1.29, 1.82) is 0 Å². The Balaban J connectivity index is 2.68. The number of aryl methyl sites for hydroxylation is 1. The summed E-state index contributed by atoms with van der Waals surface area (Å²) in [5, 5.41) is 0. The van der Waals surface area contributed by atoms with Gasteiger partial charge in [-0.1, -0.05) is 0 Å². The van der Waals surface area contributed by atoms with E-state index >= 15 is 0 Å². The summed E-state index contributed by atoms with van der Waals surface area (Å²) in [7, 11) is 1.93. The third-order valence-corrected chi connectivity index (χ3v) is 1.57. The van der Waals surface area contributed by atoms with Crippen molar-refractivity contribution in [2.24, 2.45) is 5.73 Å². The maximum absolute atomic E-state index is 5.40. The first-order chi connectivity index (χ1) is 5.74. The zero-order chi connectivity index (χ0) is 8.97. The van der Waals surface area contributed by atoms with Gasteiger partial charge in [0.05, 0.1) is 0 Å². The molecule has 66 valence electrons. The van der Waals surface area contributed by atoms with Crippen molar-refractivity contribution in [1.82, 2.24) is 9.97 Å². The zero-order valence-corrected chi connectivity index (χ0v) is 7.49. The highest BCUT2D eigenvalue weighted by Gasteiger charge is 2.00. The van der Waals surface area contributed by atoms with Crippen LogP contribution in [0.1, 0.15) is 5.56 Å². The lowest BCUT2D eigenvalue weighted by atomic mass is 10.4. The Morgan fingerprint density at radius 2 is 2.00 bits per heavy atom. The van der Waals surface area contributed by atoms with E-state index in [0.29, 0.717) is 6.54 Å². The standard InChI is InChI=1S/C8H14N4/c1-7-5-10-8(11-6-7)12(2)4-3-9/h5-6H,3-4,9H2,1-2H3. The molecule has 0 aliphatic rings. The number of likely N-dealkylation sites (N-methyl/N-ethyl adjacent to an activating group) is 1. The third kappa shape index (κ3) is 2.17. The number of nitrogens with two attached hydrogens (primary N) is 1. The maximum Gasteiger partial charge on any atom is 0.225 e. The number of rotatable bonds is 3. The van der Waals surface area contributed by atoms with Gasteiger partial charge in [-0.25, -0.2) is 9.97 Å². The second-order valence-corrected chi connectivity index (χ2v) is 2.77. The smallest absolute Gasteiger partial charge is 0.225 e. The van der Waals surface area contributed by atoms with Crippen LogP contribution in [0.3, 0.4) is 0 Å². The van der Waals surface area contributed by atoms with Gasteiger partial charge in [-0.15, -0.1) is 0 Å². The van der Waals surface area contributed by atoms with Gasteiger partial charge >= 0.3 is 0 Å². The van der Waals surface area contributed by atoms with E-state index in [4.69, 9.17) is 5.73 Å². The molecule has 2 N–H and O–H groups in total. The van der Waals surface area contributed by atoms with Crippen LogP contribution in [0.4, 0.5) is 5.95 Å². The van der Waals surface area contributed by atoms with Gasteiger partial charge < -0.3 is 10.6 Å². The van der Waals surface area contributed by atoms with E-state index in [1.807, 2.05) is 18.9 Å². The largest absolute Gasteiger partial charge is 0.343 e. The van der Waals surface area contributed by atoms with Crippen molar-refractivity contribution in [3.8, 4) is 0 Å². The van der Waals surface area contributed by atoms with Crippen LogP contribution in [-0.4, -0.2) is 30.1 Å². The maximum atomic E-state index is 5.40. The van der Waals surface area contributed by atoms with Crippen LogP contribution >= 0.6 is 0 Å². The van der Waals surface area contributed by atoms with Gasteiger partial charge in [0.15, 0.2) is 0 Å². The first kappa shape index (κ1) is 8.93. The first-order valence-electron chi connectivity index (χ1n) is 3.94. The number of nitrogens with zero attached hydrogens (tertiary/aromatic N) is 3. The average molecular weight is 166 g/mol. The number of hydrogen-bond acceptors (Lipinski definition) is 4. The second-order valence-electron chi connectivity index (χ2n) is 2.77. The Labute approximate surface area is 72.4 Å². The Kier molecular flexibility index (Phi) is 2.99. The van der Waals surface area contributed by atoms with Gasteiger partial charge in [0.1, 0.15) is 0 Å². The highest BCUT2D eigenvalue weighted by molar-refractivity contribution is 5.27. The van der Waals surface area contributed by atoms with E-state index in [1.54, 1.807) is 12.4 Å². The SMILES string of the molecule is Cc1cnc(N(C)CCN)nc1. The fourth-order valence-corrected chi connectivity index (χ4v) is 0.877. The van der Waals surface area contributed by atoms with E-state index in [9.17, 15) is 0 Å². The van der Waals surface area contributed by atoms with Crippen molar-refractivity contribution in [3.63, 3.8) is 0 Å². The van der Waals surface area contributed by atoms with Crippen molar-refractivity contribution < 1.29 is 0 Å². The van der Waals surface area contributed by atoms with Gasteiger partial charge in [-0.3, -0.25) is 0 Å². The number of hydrogen-bond donors (Lipinski definition) is 1. The molecule has 1 rings (SSSR count). The molecule has 0 bridgehead atoms. The normalized spacial score (nSPS) is 9.92. The van der Waals surface area contributed by atoms with Crippen LogP contribution in [0.25, 0.3) is 0 Å². The van der Waals surface area contributed by atoms with Crippen LogP contribution in [-0.2, 0) is 0 Å². The summed E-state index contributed by atoms with van der Waals surface area (Å²) in [6, 6.07) is 0. The van der Waals surface area contributed by atoms with Gasteiger partial charge in [0.2, 0.25) is 5.95 Å². The molecule has 0 aliphatic carbocycles. The molecule has 1 heterocycles. The molecular weight excluding hydrogens is 152 g/mol. The minimum atomic E-state index is 0.619. The molecule has 0 saturated heterocycles. The molecular formula is C8H14N4. The lowest BCUT2D eigenvalue weighted by molar-refractivity contribution is 0.843. The highest BCUT2D eigenvalue weighted by Crippen LogP contribution is 2.02. The van der Waals surface area contributed by atoms with Gasteiger partial charge in [0, 0.05) is 32.5 Å². The number of aromatic nitrogens is 2. The predicted molar refractivity (Wildman–Crippen MR) is 49.1 cm³/mol. The molecule has 0 aromatic carbocycles. The van der Waals surface area contributed by atoms with Crippen molar-refractivity contribution >= 4 is 5.95 Å². The fraction of sp³-hybridized carbons (Fsp3) is 0.500. The lowest BCUT2D eigenvalue weighted by Crippen LogP contribution is -2.26. The Bertz CT molecular complexity index is 231. The zero-order valence-electron chi connectivity index (χ0n) is 7.49. The predicted octanol–water partition coefficient (Wildman–Crippen LogP) is 0.180. The topological polar surface area (TPSA) is 55.0 Å². The van der Waals surface area contributed by atoms with Gasteiger partial charge in [-0.05, 0) is 12.5 Å². The molecule has 0 aliphatic heterocycles. The molecule has 4 nitrogen and oxygen atoms in total. The summed E-state index contributed by atoms with van der Waals surface area (Å²) in [6.07, 6.45) is 3.60. The molecule has 1 aromatic rings. The minimum absolute atomic E-state index is 0.619. The van der Waals surface area contributed by atoms with Crippen molar-refractivity contribution in [2.45, 2.75) is 6.92 Å². The molecule has 0 fully saturated rings. The molecule has 4 heteroatoms. The third-order valence-electron chi connectivity index (χ3n) is 1.57. The monoisotopic (exact) mass is 166 g/mol. The Morgan fingerprint density at radius 1 is 1.42 bits per heavy atom. The molecule has 0 spiro atoms. The van der Waals surface area contributed by atoms with E-state index in [0.717, 1.165) is 18.1 Å². The van der Waals surface area contributed by atoms with Gasteiger partial charge in [-0.2, -0.15) is 0 Å². The van der Waals surface area contributed by atoms with E-state index in [-0.39, 0.29) is 0 Å². The average Bonchev–Trinajstić information content (AvgIpc) is 2.06. The minimum Gasteiger partial charge on any atom is -0.343 e. The molecule has 1 aromatic heterocycles. The Morgan fingerprint density at radius 3 is 2.50 bits per heavy atom. The summed E-state index contributed by atoms with van der Waals surface area (Å²) in [5.41, 5.74) is 6.47. The van der Waals surface area contributed by atoms with E-state index in [2.05, 4.69) is 9.97 Å². The molecule has 0 atom stereocenters. The van der Waals surface area contributed by atoms with Crippen molar-refractivity contribution in [2.75, 3.05) is 25.0 Å². The summed E-state index contributed by atoms with van der Waals surface area (Å²) in [6.45, 7) is 3.36. The second kappa shape index (κ2) is 4.01. The molecule has 0 radical (unpaired) electrons. The lowest BCUT2D eigenvalue weighted by Gasteiger charge is -2.14. The van der Waals surface area contributed by atoms with Crippen molar-refractivity contribution in [3.05, 3.63) is 18.0 Å². The summed E-state index contributed by atoms with van der Waals surface area (Å²) in [5.74, 6) is 0.728. The fourth-order valence-electron chi connectivity index (χ4n) is 0.877. The Hall–Kier alpha value is -1.16. The molecule has 12 heavy (non-hydrogen) atoms. The summed E-state index contributed by atoms with van der Waals surface area (Å²) < 4.78 is 0. The summed E-state index contributed by atoms with van der Waals surface area (Å²) in [4.78, 5) is 10.2.